The number of halogens is 1. The van der Waals surface area contributed by atoms with E-state index in [0.717, 1.165) is 35.9 Å². The van der Waals surface area contributed by atoms with Gasteiger partial charge in [-0.05, 0) is 48.8 Å². The summed E-state index contributed by atoms with van der Waals surface area (Å²) in [6, 6.07) is 7.86. The van der Waals surface area contributed by atoms with Gasteiger partial charge in [-0.3, -0.25) is 4.79 Å². The van der Waals surface area contributed by atoms with E-state index >= 15 is 0 Å². The lowest BCUT2D eigenvalue weighted by molar-refractivity contribution is -0.122. The number of carbonyl (C=O) groups is 1. The third-order valence-electron chi connectivity index (χ3n) is 5.37. The summed E-state index contributed by atoms with van der Waals surface area (Å²) in [5.74, 6) is 2.10. The van der Waals surface area contributed by atoms with Gasteiger partial charge in [0, 0.05) is 18.2 Å². The summed E-state index contributed by atoms with van der Waals surface area (Å²) >= 11 is 0. The van der Waals surface area contributed by atoms with E-state index in [0.29, 0.717) is 6.54 Å². The minimum Gasteiger partial charge on any atom is -0.326 e. The SMILES string of the molecule is Cl.NCc1ccc(NC(=O)C2CCC3CCCCC3C2)cc1. The van der Waals surface area contributed by atoms with Crippen molar-refractivity contribution < 1.29 is 4.79 Å². The Labute approximate surface area is 139 Å². The first-order valence-corrected chi connectivity index (χ1v) is 8.36. The van der Waals surface area contributed by atoms with Gasteiger partial charge in [0.15, 0.2) is 0 Å². The number of rotatable bonds is 3. The second kappa shape index (κ2) is 7.98. The van der Waals surface area contributed by atoms with E-state index in [4.69, 9.17) is 5.73 Å². The van der Waals surface area contributed by atoms with Gasteiger partial charge in [-0.25, -0.2) is 0 Å². The lowest BCUT2D eigenvalue weighted by Crippen LogP contribution is -2.33. The Bertz CT molecular complexity index is 488. The van der Waals surface area contributed by atoms with Crippen LogP contribution in [0, 0.1) is 17.8 Å². The standard InChI is InChI=1S/C18H26N2O.ClH/c19-12-13-5-9-17(10-6-13)20-18(21)16-8-7-14-3-1-2-4-15(14)11-16;/h5-6,9-10,14-16H,1-4,7-8,11-12,19H2,(H,20,21);1H. The number of nitrogens with two attached hydrogens (primary N) is 1. The number of nitrogens with one attached hydrogen (secondary N) is 1. The molecule has 2 aliphatic carbocycles. The van der Waals surface area contributed by atoms with Crippen molar-refractivity contribution in [3.63, 3.8) is 0 Å². The van der Waals surface area contributed by atoms with Gasteiger partial charge in [0.2, 0.25) is 5.91 Å². The average molecular weight is 323 g/mol. The Hall–Kier alpha value is -1.06. The molecular formula is C18H27ClN2O. The monoisotopic (exact) mass is 322 g/mol. The molecule has 3 rings (SSSR count). The highest BCUT2D eigenvalue weighted by atomic mass is 35.5. The molecule has 0 aromatic heterocycles. The van der Waals surface area contributed by atoms with Crippen molar-refractivity contribution in [3.05, 3.63) is 29.8 Å². The molecule has 0 aliphatic heterocycles. The molecule has 3 nitrogen and oxygen atoms in total. The second-order valence-corrected chi connectivity index (χ2v) is 6.70. The third-order valence-corrected chi connectivity index (χ3v) is 5.37. The number of benzene rings is 1. The van der Waals surface area contributed by atoms with Crippen molar-refractivity contribution >= 4 is 24.0 Å². The molecule has 2 saturated carbocycles. The molecule has 0 saturated heterocycles. The molecule has 2 fully saturated rings. The van der Waals surface area contributed by atoms with Crippen LogP contribution in [-0.2, 0) is 11.3 Å². The fourth-order valence-corrected chi connectivity index (χ4v) is 4.08. The van der Waals surface area contributed by atoms with Crippen LogP contribution in [-0.4, -0.2) is 5.91 Å². The van der Waals surface area contributed by atoms with Crippen molar-refractivity contribution in [1.29, 1.82) is 0 Å². The Kier molecular flexibility index (Phi) is 6.27. The molecule has 4 heteroatoms. The summed E-state index contributed by atoms with van der Waals surface area (Å²) in [4.78, 5) is 12.5. The van der Waals surface area contributed by atoms with Crippen LogP contribution in [0.2, 0.25) is 0 Å². The first-order valence-electron chi connectivity index (χ1n) is 8.36. The summed E-state index contributed by atoms with van der Waals surface area (Å²) in [5.41, 5.74) is 7.58. The highest BCUT2D eigenvalue weighted by molar-refractivity contribution is 5.92. The summed E-state index contributed by atoms with van der Waals surface area (Å²) in [6.45, 7) is 0.542. The molecule has 3 N–H and O–H groups in total. The van der Waals surface area contributed by atoms with Crippen molar-refractivity contribution in [2.45, 2.75) is 51.5 Å². The third kappa shape index (κ3) is 4.02. The van der Waals surface area contributed by atoms with Crippen LogP contribution in [0.3, 0.4) is 0 Å². The fraction of sp³-hybridized carbons (Fsp3) is 0.611. The van der Waals surface area contributed by atoms with Crippen LogP contribution in [0.25, 0.3) is 0 Å². The quantitative estimate of drug-likeness (QED) is 0.879. The van der Waals surface area contributed by atoms with Crippen molar-refractivity contribution in [1.82, 2.24) is 0 Å². The van der Waals surface area contributed by atoms with Gasteiger partial charge in [-0.2, -0.15) is 0 Å². The van der Waals surface area contributed by atoms with Gasteiger partial charge in [0.05, 0.1) is 0 Å². The van der Waals surface area contributed by atoms with E-state index < -0.39 is 0 Å². The van der Waals surface area contributed by atoms with Gasteiger partial charge in [-0.1, -0.05) is 37.8 Å². The lowest BCUT2D eigenvalue weighted by Gasteiger charge is -2.38. The molecule has 0 bridgehead atoms. The largest absolute Gasteiger partial charge is 0.326 e. The van der Waals surface area contributed by atoms with Crippen LogP contribution < -0.4 is 11.1 Å². The molecule has 3 unspecified atom stereocenters. The van der Waals surface area contributed by atoms with Crippen LogP contribution in [0.5, 0.6) is 0 Å². The van der Waals surface area contributed by atoms with E-state index in [2.05, 4.69) is 5.32 Å². The fourth-order valence-electron chi connectivity index (χ4n) is 4.08. The summed E-state index contributed by atoms with van der Waals surface area (Å²) in [5, 5.41) is 3.08. The van der Waals surface area contributed by atoms with Crippen LogP contribution in [0.4, 0.5) is 5.69 Å². The molecule has 0 heterocycles. The summed E-state index contributed by atoms with van der Waals surface area (Å²) < 4.78 is 0. The molecule has 0 radical (unpaired) electrons. The molecule has 122 valence electrons. The molecule has 2 aliphatic rings. The van der Waals surface area contributed by atoms with Gasteiger partial charge >= 0.3 is 0 Å². The van der Waals surface area contributed by atoms with Gasteiger partial charge in [0.1, 0.15) is 0 Å². The highest BCUT2D eigenvalue weighted by Gasteiger charge is 2.34. The first kappa shape index (κ1) is 17.3. The molecule has 0 spiro atoms. The number of amides is 1. The maximum atomic E-state index is 12.5. The van der Waals surface area contributed by atoms with Gasteiger partial charge < -0.3 is 11.1 Å². The predicted molar refractivity (Wildman–Crippen MR) is 93.0 cm³/mol. The topological polar surface area (TPSA) is 55.1 Å². The summed E-state index contributed by atoms with van der Waals surface area (Å²) in [6.07, 6.45) is 8.88. The minimum atomic E-state index is 0. The number of hydrogen-bond donors (Lipinski definition) is 2. The highest BCUT2D eigenvalue weighted by Crippen LogP contribution is 2.42. The number of carbonyl (C=O) groups excluding carboxylic acids is 1. The smallest absolute Gasteiger partial charge is 0.227 e. The Balaban J connectivity index is 0.00000176. The lowest BCUT2D eigenvalue weighted by atomic mass is 9.67. The summed E-state index contributed by atoms with van der Waals surface area (Å²) in [7, 11) is 0. The number of fused-ring (bicyclic) bond motifs is 1. The first-order chi connectivity index (χ1) is 10.3. The van der Waals surface area contributed by atoms with E-state index in [9.17, 15) is 4.79 Å². The van der Waals surface area contributed by atoms with Crippen LogP contribution >= 0.6 is 12.4 Å². The van der Waals surface area contributed by atoms with Crippen molar-refractivity contribution in [2.75, 3.05) is 5.32 Å². The van der Waals surface area contributed by atoms with Crippen LogP contribution in [0.15, 0.2) is 24.3 Å². The zero-order chi connectivity index (χ0) is 14.7. The minimum absolute atomic E-state index is 0. The maximum Gasteiger partial charge on any atom is 0.227 e. The Morgan fingerprint density at radius 2 is 1.73 bits per heavy atom. The molecule has 3 atom stereocenters. The zero-order valence-electron chi connectivity index (χ0n) is 13.1. The van der Waals surface area contributed by atoms with E-state index in [1.165, 1.54) is 32.1 Å². The van der Waals surface area contributed by atoms with Gasteiger partial charge in [0.25, 0.3) is 0 Å². The Morgan fingerprint density at radius 1 is 1.05 bits per heavy atom. The van der Waals surface area contributed by atoms with Crippen LogP contribution in [0.1, 0.15) is 50.5 Å². The van der Waals surface area contributed by atoms with E-state index in [-0.39, 0.29) is 24.2 Å². The predicted octanol–water partition coefficient (Wildman–Crippen LogP) is 4.11. The second-order valence-electron chi connectivity index (χ2n) is 6.70. The van der Waals surface area contributed by atoms with Crippen molar-refractivity contribution in [3.8, 4) is 0 Å². The number of anilines is 1. The maximum absolute atomic E-state index is 12.5. The molecule has 1 aromatic rings. The molecule has 1 aromatic carbocycles. The normalized spacial score (nSPS) is 27.4. The van der Waals surface area contributed by atoms with Crippen molar-refractivity contribution in [2.24, 2.45) is 23.5 Å². The Morgan fingerprint density at radius 3 is 2.41 bits per heavy atom. The van der Waals surface area contributed by atoms with E-state index in [1.54, 1.807) is 0 Å². The molecular weight excluding hydrogens is 296 g/mol. The van der Waals surface area contributed by atoms with E-state index in [1.807, 2.05) is 24.3 Å². The zero-order valence-corrected chi connectivity index (χ0v) is 13.9. The molecule has 1 amide bonds. The number of hydrogen-bond acceptors (Lipinski definition) is 2. The van der Waals surface area contributed by atoms with Gasteiger partial charge in [-0.15, -0.1) is 12.4 Å². The molecule has 22 heavy (non-hydrogen) atoms. The average Bonchev–Trinajstić information content (AvgIpc) is 2.55.